The van der Waals surface area contributed by atoms with Crippen LogP contribution in [0.2, 0.25) is 0 Å². The van der Waals surface area contributed by atoms with E-state index in [1.54, 1.807) is 36.4 Å². The Hall–Kier alpha value is -3.59. The molecule has 0 heterocycles. The van der Waals surface area contributed by atoms with Gasteiger partial charge < -0.3 is 0 Å². The van der Waals surface area contributed by atoms with E-state index in [2.05, 4.69) is 0 Å². The zero-order chi connectivity index (χ0) is 29.5. The Morgan fingerprint density at radius 2 is 1.17 bits per heavy atom. The van der Waals surface area contributed by atoms with Gasteiger partial charge in [-0.15, -0.1) is 0 Å². The molecular weight excluding hydrogens is 585 g/mol. The first kappa shape index (κ1) is 28.5. The van der Waals surface area contributed by atoms with Crippen LogP contribution in [0.4, 0.5) is 0 Å². The molecule has 0 aromatic heterocycles. The van der Waals surface area contributed by atoms with Crippen LogP contribution >= 0.6 is 0 Å². The van der Waals surface area contributed by atoms with E-state index >= 15 is 0 Å². The fourth-order valence-corrected chi connectivity index (χ4v) is 12.5. The van der Waals surface area contributed by atoms with Crippen molar-refractivity contribution in [2.24, 2.45) is 5.92 Å². The number of aryl methyl sites for hydroxylation is 1. The third-order valence-corrected chi connectivity index (χ3v) is 15.4. The van der Waals surface area contributed by atoms with E-state index in [9.17, 15) is 21.0 Å². The van der Waals surface area contributed by atoms with E-state index in [0.717, 1.165) is 16.7 Å². The van der Waals surface area contributed by atoms with Gasteiger partial charge in [-0.1, -0.05) is 102 Å². The molecular formula is C34H30O5S3. The van der Waals surface area contributed by atoms with Crippen LogP contribution in [0.1, 0.15) is 29.9 Å². The summed E-state index contributed by atoms with van der Waals surface area (Å²) >= 11 is 0. The number of fused-ring (bicyclic) bond motifs is 1. The molecule has 0 unspecified atom stereocenters. The normalized spacial score (nSPS) is 20.7. The van der Waals surface area contributed by atoms with Gasteiger partial charge in [0.05, 0.1) is 20.6 Å². The largest absolute Gasteiger partial charge is 0.249 e. The van der Waals surface area contributed by atoms with Crippen molar-refractivity contribution in [2.75, 3.05) is 0 Å². The van der Waals surface area contributed by atoms with Gasteiger partial charge in [-0.05, 0) is 55.3 Å². The Balaban J connectivity index is 1.54. The molecule has 5 nitrogen and oxygen atoms in total. The lowest BCUT2D eigenvalue weighted by molar-refractivity contribution is 0.534. The van der Waals surface area contributed by atoms with E-state index in [4.69, 9.17) is 0 Å². The first-order chi connectivity index (χ1) is 20.1. The second-order valence-electron chi connectivity index (χ2n) is 10.8. The Bertz CT molecular complexity index is 1840. The maximum Gasteiger partial charge on any atom is 0.199 e. The van der Waals surface area contributed by atoms with Gasteiger partial charge in [0, 0.05) is 28.1 Å². The quantitative estimate of drug-likeness (QED) is 0.215. The summed E-state index contributed by atoms with van der Waals surface area (Å²) in [5.74, 6) is -0.902. The minimum Gasteiger partial charge on any atom is -0.249 e. The van der Waals surface area contributed by atoms with Crippen LogP contribution in [0, 0.1) is 12.8 Å². The minimum absolute atomic E-state index is 0.0317. The second kappa shape index (κ2) is 10.9. The molecule has 2 aliphatic rings. The molecule has 0 bridgehead atoms. The van der Waals surface area contributed by atoms with Crippen molar-refractivity contribution in [1.29, 1.82) is 0 Å². The second-order valence-corrected chi connectivity index (χ2v) is 17.1. The van der Waals surface area contributed by atoms with Gasteiger partial charge in [0.1, 0.15) is 0 Å². The Morgan fingerprint density at radius 3 is 1.69 bits per heavy atom. The van der Waals surface area contributed by atoms with Crippen LogP contribution in [0.3, 0.4) is 0 Å². The average molecular weight is 615 g/mol. The summed E-state index contributed by atoms with van der Waals surface area (Å²) in [6.45, 7) is 1.97. The first-order valence-electron chi connectivity index (χ1n) is 13.7. The zero-order valence-corrected chi connectivity index (χ0v) is 25.4. The van der Waals surface area contributed by atoms with Gasteiger partial charge >= 0.3 is 0 Å². The molecule has 0 aliphatic heterocycles. The lowest BCUT2D eigenvalue weighted by Crippen LogP contribution is -2.44. The number of benzene rings is 4. The molecule has 8 heteroatoms. The number of allylic oxidation sites excluding steroid dienone is 4. The van der Waals surface area contributed by atoms with E-state index in [1.807, 2.05) is 73.7 Å². The molecule has 2 aliphatic carbocycles. The van der Waals surface area contributed by atoms with E-state index in [-0.39, 0.29) is 22.6 Å². The third kappa shape index (κ3) is 4.71. The highest BCUT2D eigenvalue weighted by Gasteiger charge is 2.61. The van der Waals surface area contributed by atoms with Crippen molar-refractivity contribution in [3.63, 3.8) is 0 Å². The Labute approximate surface area is 249 Å². The van der Waals surface area contributed by atoms with Gasteiger partial charge in [0.2, 0.25) is 0 Å². The number of rotatable bonds is 7. The fraction of sp³-hybridized carbons (Fsp3) is 0.176. The summed E-state index contributed by atoms with van der Waals surface area (Å²) in [5, 5.41) is 0. The molecule has 1 fully saturated rings. The van der Waals surface area contributed by atoms with Crippen molar-refractivity contribution in [3.05, 3.63) is 149 Å². The summed E-state index contributed by atoms with van der Waals surface area (Å²) < 4.78 is 69.7. The highest BCUT2D eigenvalue weighted by atomic mass is 32.3. The summed E-state index contributed by atoms with van der Waals surface area (Å²) in [7, 11) is -10.3. The maximum absolute atomic E-state index is 14.5. The highest BCUT2D eigenvalue weighted by Crippen LogP contribution is 2.55. The van der Waals surface area contributed by atoms with Crippen LogP contribution in [0.25, 0.3) is 0 Å². The van der Waals surface area contributed by atoms with E-state index in [0.29, 0.717) is 9.80 Å². The van der Waals surface area contributed by atoms with Gasteiger partial charge in [-0.25, -0.2) is 21.0 Å². The van der Waals surface area contributed by atoms with E-state index in [1.165, 1.54) is 24.3 Å². The van der Waals surface area contributed by atoms with Crippen LogP contribution in [-0.4, -0.2) is 25.1 Å². The average Bonchev–Trinajstić information content (AvgIpc) is 3.43. The molecule has 0 saturated heterocycles. The summed E-state index contributed by atoms with van der Waals surface area (Å²) in [5.41, 5.74) is 2.69. The monoisotopic (exact) mass is 614 g/mol. The smallest absolute Gasteiger partial charge is 0.199 e. The van der Waals surface area contributed by atoms with Crippen LogP contribution in [0.5, 0.6) is 0 Å². The SMILES string of the molecule is Cc1ccc([S@](=O)C2=C[C@@H]3CC(S(=O)(=O)c4ccccc4)(S(=O)(=O)c4ccccc4)CC3=C[C@@H]2c2ccccc2)cc1. The third-order valence-electron chi connectivity index (χ3n) is 8.23. The van der Waals surface area contributed by atoms with Crippen molar-refractivity contribution < 1.29 is 21.0 Å². The van der Waals surface area contributed by atoms with Crippen LogP contribution < -0.4 is 0 Å². The number of sulfone groups is 2. The van der Waals surface area contributed by atoms with Crippen LogP contribution in [0.15, 0.2) is 153 Å². The van der Waals surface area contributed by atoms with Crippen molar-refractivity contribution in [2.45, 2.75) is 44.4 Å². The molecule has 42 heavy (non-hydrogen) atoms. The molecule has 4 aromatic carbocycles. The molecule has 6 rings (SSSR count). The minimum atomic E-state index is -4.38. The van der Waals surface area contributed by atoms with Gasteiger partial charge in [-0.2, -0.15) is 0 Å². The molecule has 0 amide bonds. The lowest BCUT2D eigenvalue weighted by atomic mass is 9.86. The van der Waals surface area contributed by atoms with Crippen molar-refractivity contribution in [3.8, 4) is 0 Å². The Kier molecular flexibility index (Phi) is 7.41. The van der Waals surface area contributed by atoms with Gasteiger partial charge in [0.15, 0.2) is 23.8 Å². The molecule has 4 aromatic rings. The summed E-state index contributed by atoms with van der Waals surface area (Å²) in [4.78, 5) is 1.21. The Morgan fingerprint density at radius 1 is 0.667 bits per heavy atom. The predicted molar refractivity (Wildman–Crippen MR) is 166 cm³/mol. The number of hydrogen-bond acceptors (Lipinski definition) is 5. The van der Waals surface area contributed by atoms with Crippen molar-refractivity contribution in [1.82, 2.24) is 0 Å². The molecule has 0 spiro atoms. The van der Waals surface area contributed by atoms with Gasteiger partial charge in [0.25, 0.3) is 0 Å². The molecule has 1 saturated carbocycles. The summed E-state index contributed by atoms with van der Waals surface area (Å²) in [6.07, 6.45) is 3.48. The van der Waals surface area contributed by atoms with Crippen LogP contribution in [-0.2, 0) is 30.5 Å². The first-order valence-corrected chi connectivity index (χ1v) is 17.8. The van der Waals surface area contributed by atoms with Gasteiger partial charge in [-0.3, -0.25) is 0 Å². The summed E-state index contributed by atoms with van der Waals surface area (Å²) in [6, 6.07) is 32.7. The zero-order valence-electron chi connectivity index (χ0n) is 23.0. The van der Waals surface area contributed by atoms with E-state index < -0.39 is 46.4 Å². The number of hydrogen-bond donors (Lipinski definition) is 0. The standard InChI is InChI=1S/C34H30O5S3/c1-25-17-19-29(20-18-25)40(35)33-22-28-24-34(41(36,37)30-13-7-3-8-14-30,42(38,39)31-15-9-4-10-16-31)23-27(28)21-32(33)26-11-5-2-6-12-26/h2-22,28,32H,23-24H2,1H3/t28-,32-,40+/m1/s1. The predicted octanol–water partition coefficient (Wildman–Crippen LogP) is 6.76. The fourth-order valence-electron chi connectivity index (χ4n) is 6.01. The van der Waals surface area contributed by atoms with Crippen molar-refractivity contribution >= 4 is 30.5 Å². The molecule has 214 valence electrons. The molecule has 3 atom stereocenters. The highest BCUT2D eigenvalue weighted by molar-refractivity contribution is 8.10. The topological polar surface area (TPSA) is 85.3 Å². The molecule has 0 radical (unpaired) electrons. The molecule has 0 N–H and O–H groups in total. The lowest BCUT2D eigenvalue weighted by Gasteiger charge is -2.29. The maximum atomic E-state index is 14.5.